The Morgan fingerprint density at radius 3 is 2.52 bits per heavy atom. The highest BCUT2D eigenvalue weighted by atomic mass is 35.5. The molecule has 3 rings (SSSR count). The minimum Gasteiger partial charge on any atom is -0.333 e. The predicted molar refractivity (Wildman–Crippen MR) is 112 cm³/mol. The van der Waals surface area contributed by atoms with Gasteiger partial charge in [-0.25, -0.2) is 4.98 Å². The van der Waals surface area contributed by atoms with Crippen LogP contribution in [0.25, 0.3) is 0 Å². The predicted octanol–water partition coefficient (Wildman–Crippen LogP) is 4.57. The Kier molecular flexibility index (Phi) is 6.19. The van der Waals surface area contributed by atoms with Crippen LogP contribution in [0.2, 0.25) is 5.02 Å². The summed E-state index contributed by atoms with van der Waals surface area (Å²) in [6.07, 6.45) is 2.99. The van der Waals surface area contributed by atoms with Crippen molar-refractivity contribution in [3.8, 4) is 6.07 Å². The van der Waals surface area contributed by atoms with Gasteiger partial charge in [-0.15, -0.1) is 0 Å². The molecule has 0 saturated carbocycles. The van der Waals surface area contributed by atoms with Gasteiger partial charge in [0.25, 0.3) is 11.8 Å². The molecule has 29 heavy (non-hydrogen) atoms. The van der Waals surface area contributed by atoms with Crippen molar-refractivity contribution in [1.82, 2.24) is 9.88 Å². The minimum absolute atomic E-state index is 0.122. The molecule has 1 N–H and O–H groups in total. The number of nitrogens with zero attached hydrogens (tertiary/aromatic N) is 3. The van der Waals surface area contributed by atoms with Gasteiger partial charge in [0.05, 0.1) is 22.5 Å². The molecule has 1 aromatic carbocycles. The fourth-order valence-electron chi connectivity index (χ4n) is 3.76. The van der Waals surface area contributed by atoms with Crippen LogP contribution < -0.4 is 5.32 Å². The number of amides is 2. The number of piperidine rings is 1. The van der Waals surface area contributed by atoms with Crippen molar-refractivity contribution in [3.63, 3.8) is 0 Å². The van der Waals surface area contributed by atoms with Crippen LogP contribution in [0.15, 0.2) is 30.3 Å². The van der Waals surface area contributed by atoms with E-state index in [1.165, 1.54) is 6.07 Å². The number of anilines is 1. The molecule has 1 saturated heterocycles. The molecule has 2 heterocycles. The summed E-state index contributed by atoms with van der Waals surface area (Å²) in [5.41, 5.74) is 1.81. The monoisotopic (exact) mass is 410 g/mol. The molecule has 2 unspecified atom stereocenters. The van der Waals surface area contributed by atoms with Gasteiger partial charge in [-0.2, -0.15) is 5.26 Å². The Morgan fingerprint density at radius 1 is 1.21 bits per heavy atom. The summed E-state index contributed by atoms with van der Waals surface area (Å²) in [5, 5.41) is 12.2. The summed E-state index contributed by atoms with van der Waals surface area (Å²) in [7, 11) is 0. The van der Waals surface area contributed by atoms with Gasteiger partial charge < -0.3 is 10.2 Å². The molecule has 0 radical (unpaired) electrons. The van der Waals surface area contributed by atoms with Gasteiger partial charge in [-0.3, -0.25) is 9.59 Å². The molecule has 1 fully saturated rings. The lowest BCUT2D eigenvalue weighted by Gasteiger charge is -2.39. The van der Waals surface area contributed by atoms with Crippen molar-refractivity contribution in [2.75, 3.05) is 5.32 Å². The van der Waals surface area contributed by atoms with E-state index < -0.39 is 5.91 Å². The first-order chi connectivity index (χ1) is 13.8. The van der Waals surface area contributed by atoms with Crippen molar-refractivity contribution in [3.05, 3.63) is 57.9 Å². The molecule has 150 valence electrons. The minimum atomic E-state index is -0.450. The number of pyridine rings is 1. The van der Waals surface area contributed by atoms with E-state index in [-0.39, 0.29) is 23.7 Å². The van der Waals surface area contributed by atoms with Gasteiger partial charge in [0.15, 0.2) is 0 Å². The van der Waals surface area contributed by atoms with E-state index in [4.69, 9.17) is 16.9 Å². The molecular formula is C22H23ClN4O2. The summed E-state index contributed by atoms with van der Waals surface area (Å²) in [4.78, 5) is 32.1. The number of halogens is 1. The van der Waals surface area contributed by atoms with Crippen molar-refractivity contribution in [1.29, 1.82) is 5.26 Å². The van der Waals surface area contributed by atoms with E-state index >= 15 is 0 Å². The van der Waals surface area contributed by atoms with Crippen LogP contribution >= 0.6 is 11.6 Å². The maximum absolute atomic E-state index is 13.3. The van der Waals surface area contributed by atoms with Gasteiger partial charge in [0.2, 0.25) is 0 Å². The molecule has 1 aliphatic heterocycles. The number of nitrogens with one attached hydrogen (secondary N) is 1. The van der Waals surface area contributed by atoms with Crippen molar-refractivity contribution >= 4 is 29.1 Å². The van der Waals surface area contributed by atoms with Crippen LogP contribution in [0.5, 0.6) is 0 Å². The second-order valence-corrected chi connectivity index (χ2v) is 7.86. The fraction of sp³-hybridized carbons (Fsp3) is 0.364. The zero-order chi connectivity index (χ0) is 21.1. The molecule has 1 aliphatic rings. The second-order valence-electron chi connectivity index (χ2n) is 7.43. The number of aromatic nitrogens is 1. The van der Waals surface area contributed by atoms with Crippen LogP contribution in [0.1, 0.15) is 65.2 Å². The van der Waals surface area contributed by atoms with Crippen LogP contribution in [-0.4, -0.2) is 33.8 Å². The summed E-state index contributed by atoms with van der Waals surface area (Å²) in [6.45, 7) is 5.76. The first-order valence-corrected chi connectivity index (χ1v) is 10.0. The summed E-state index contributed by atoms with van der Waals surface area (Å²) >= 11 is 6.15. The topological polar surface area (TPSA) is 86.1 Å². The van der Waals surface area contributed by atoms with Crippen LogP contribution in [-0.2, 0) is 0 Å². The number of hydrogen-bond acceptors (Lipinski definition) is 4. The van der Waals surface area contributed by atoms with Crippen LogP contribution in [0.4, 0.5) is 5.69 Å². The van der Waals surface area contributed by atoms with Gasteiger partial charge in [0, 0.05) is 17.1 Å². The van der Waals surface area contributed by atoms with Crippen molar-refractivity contribution in [2.24, 2.45) is 0 Å². The maximum atomic E-state index is 13.3. The van der Waals surface area contributed by atoms with E-state index in [0.717, 1.165) is 19.3 Å². The normalized spacial score (nSPS) is 18.8. The number of hydrogen-bond donors (Lipinski definition) is 1. The number of carbonyl (C=O) groups excluding carboxylic acids is 2. The third-order valence-corrected chi connectivity index (χ3v) is 5.56. The zero-order valence-electron chi connectivity index (χ0n) is 16.7. The van der Waals surface area contributed by atoms with E-state index in [1.807, 2.05) is 24.8 Å². The highest BCUT2D eigenvalue weighted by molar-refractivity contribution is 6.31. The molecule has 6 nitrogen and oxygen atoms in total. The number of likely N-dealkylation sites (tertiary alicyclic amines) is 1. The smallest absolute Gasteiger partial charge is 0.274 e. The van der Waals surface area contributed by atoms with Crippen LogP contribution in [0, 0.1) is 18.3 Å². The summed E-state index contributed by atoms with van der Waals surface area (Å²) < 4.78 is 0. The quantitative estimate of drug-likeness (QED) is 0.802. The summed E-state index contributed by atoms with van der Waals surface area (Å²) in [6, 6.07) is 10.2. The van der Waals surface area contributed by atoms with Crippen molar-refractivity contribution < 1.29 is 9.59 Å². The van der Waals surface area contributed by atoms with Crippen molar-refractivity contribution in [2.45, 2.75) is 52.1 Å². The molecule has 0 aliphatic carbocycles. The highest BCUT2D eigenvalue weighted by Crippen LogP contribution is 2.29. The van der Waals surface area contributed by atoms with E-state index in [2.05, 4.69) is 10.3 Å². The maximum Gasteiger partial charge on any atom is 0.274 e. The Labute approximate surface area is 175 Å². The lowest BCUT2D eigenvalue weighted by atomic mass is 9.96. The molecule has 7 heteroatoms. The SMILES string of the molecule is Cc1nc(C(=O)Nc2ccc(Cl)cc2C(=O)N2C(C)CCCC2C)ccc1C#N. The van der Waals surface area contributed by atoms with Gasteiger partial charge >= 0.3 is 0 Å². The largest absolute Gasteiger partial charge is 0.333 e. The Morgan fingerprint density at radius 2 is 1.90 bits per heavy atom. The molecule has 2 amide bonds. The first kappa shape index (κ1) is 20.8. The third-order valence-electron chi connectivity index (χ3n) is 5.33. The molecule has 2 aromatic rings. The number of rotatable bonds is 3. The average molecular weight is 411 g/mol. The highest BCUT2D eigenvalue weighted by Gasteiger charge is 2.31. The van der Waals surface area contributed by atoms with Gasteiger partial charge in [-0.1, -0.05) is 11.6 Å². The van der Waals surface area contributed by atoms with Gasteiger partial charge in [0.1, 0.15) is 11.8 Å². The van der Waals surface area contributed by atoms with E-state index in [9.17, 15) is 9.59 Å². The molecule has 2 atom stereocenters. The first-order valence-electron chi connectivity index (χ1n) is 9.63. The molecule has 0 bridgehead atoms. The zero-order valence-corrected chi connectivity index (χ0v) is 17.5. The van der Waals surface area contributed by atoms with Gasteiger partial charge in [-0.05, 0) is 70.4 Å². The van der Waals surface area contributed by atoms with E-state index in [0.29, 0.717) is 27.5 Å². The number of nitriles is 1. The Balaban J connectivity index is 1.91. The van der Waals surface area contributed by atoms with E-state index in [1.54, 1.807) is 31.2 Å². The Hall–Kier alpha value is -2.91. The number of aryl methyl sites for hydroxylation is 1. The number of carbonyl (C=O) groups is 2. The molecule has 1 aromatic heterocycles. The molecule has 0 spiro atoms. The lowest BCUT2D eigenvalue weighted by Crippen LogP contribution is -2.47. The third kappa shape index (κ3) is 4.41. The molecular weight excluding hydrogens is 388 g/mol. The second kappa shape index (κ2) is 8.62. The summed E-state index contributed by atoms with van der Waals surface area (Å²) in [5.74, 6) is -0.597. The standard InChI is InChI=1S/C22H23ClN4O2/c1-13-5-4-6-14(2)27(13)22(29)18-11-17(23)8-10-19(18)26-21(28)20-9-7-16(12-24)15(3)25-20/h7-11,13-14H,4-6H2,1-3H3,(H,26,28). The lowest BCUT2D eigenvalue weighted by molar-refractivity contribution is 0.0512. The Bertz CT molecular complexity index is 989. The average Bonchev–Trinajstić information content (AvgIpc) is 2.69. The fourth-order valence-corrected chi connectivity index (χ4v) is 3.93. The van der Waals surface area contributed by atoms with Crippen LogP contribution in [0.3, 0.4) is 0 Å². The number of benzene rings is 1.